The normalized spacial score (nSPS) is 15.9. The van der Waals surface area contributed by atoms with Crippen molar-refractivity contribution in [2.75, 3.05) is 44.7 Å². The Labute approximate surface area is 163 Å². The summed E-state index contributed by atoms with van der Waals surface area (Å²) in [4.78, 5) is 13.6. The molecular formula is C18H32IN5. The molecule has 1 fully saturated rings. The molecule has 24 heavy (non-hydrogen) atoms. The van der Waals surface area contributed by atoms with Crippen LogP contribution in [0.25, 0.3) is 0 Å². The maximum absolute atomic E-state index is 4.44. The monoisotopic (exact) mass is 445 g/mol. The molecule has 2 rings (SSSR count). The SMILES string of the molecule is CN=C(NCCCC(C)(C)C)N1CCN(c2ccccn2)CC1.I. The van der Waals surface area contributed by atoms with Crippen molar-refractivity contribution in [3.05, 3.63) is 24.4 Å². The van der Waals surface area contributed by atoms with Crippen LogP contribution >= 0.6 is 24.0 Å². The molecular weight excluding hydrogens is 413 g/mol. The van der Waals surface area contributed by atoms with Crippen molar-refractivity contribution in [3.8, 4) is 0 Å². The van der Waals surface area contributed by atoms with E-state index in [2.05, 4.69) is 51.9 Å². The van der Waals surface area contributed by atoms with E-state index in [1.165, 1.54) is 12.8 Å². The largest absolute Gasteiger partial charge is 0.356 e. The molecule has 2 heterocycles. The Kier molecular flexibility index (Phi) is 8.80. The summed E-state index contributed by atoms with van der Waals surface area (Å²) in [7, 11) is 1.87. The summed E-state index contributed by atoms with van der Waals surface area (Å²) in [6.45, 7) is 11.8. The molecule has 6 heteroatoms. The zero-order valence-electron chi connectivity index (χ0n) is 15.5. The van der Waals surface area contributed by atoms with Gasteiger partial charge in [-0.1, -0.05) is 26.8 Å². The molecule has 0 bridgehead atoms. The molecule has 1 aliphatic heterocycles. The third kappa shape index (κ3) is 6.83. The van der Waals surface area contributed by atoms with Gasteiger partial charge in [0.05, 0.1) is 0 Å². The van der Waals surface area contributed by atoms with Crippen LogP contribution in [0.15, 0.2) is 29.4 Å². The number of aliphatic imine (C=N–C) groups is 1. The maximum atomic E-state index is 4.44. The summed E-state index contributed by atoms with van der Waals surface area (Å²) in [6.07, 6.45) is 4.26. The van der Waals surface area contributed by atoms with Gasteiger partial charge >= 0.3 is 0 Å². The van der Waals surface area contributed by atoms with E-state index in [1.54, 1.807) is 0 Å². The van der Waals surface area contributed by atoms with Crippen LogP contribution in [0.2, 0.25) is 0 Å². The fourth-order valence-electron chi connectivity index (χ4n) is 2.84. The van der Waals surface area contributed by atoms with Gasteiger partial charge in [0, 0.05) is 46.0 Å². The Morgan fingerprint density at radius 3 is 2.46 bits per heavy atom. The van der Waals surface area contributed by atoms with Crippen molar-refractivity contribution in [2.45, 2.75) is 33.6 Å². The van der Waals surface area contributed by atoms with E-state index >= 15 is 0 Å². The summed E-state index contributed by atoms with van der Waals surface area (Å²) in [6, 6.07) is 6.09. The molecule has 0 radical (unpaired) electrons. The molecule has 0 atom stereocenters. The lowest BCUT2D eigenvalue weighted by Crippen LogP contribution is -2.52. The number of halogens is 1. The first-order valence-corrected chi connectivity index (χ1v) is 8.61. The zero-order chi connectivity index (χ0) is 16.7. The summed E-state index contributed by atoms with van der Waals surface area (Å²) >= 11 is 0. The quantitative estimate of drug-likeness (QED) is 0.335. The lowest BCUT2D eigenvalue weighted by Gasteiger charge is -2.37. The number of piperazine rings is 1. The predicted molar refractivity (Wildman–Crippen MR) is 113 cm³/mol. The molecule has 1 aromatic rings. The van der Waals surface area contributed by atoms with Crippen LogP contribution in [0.4, 0.5) is 5.82 Å². The number of guanidine groups is 1. The smallest absolute Gasteiger partial charge is 0.193 e. The van der Waals surface area contributed by atoms with E-state index < -0.39 is 0 Å². The second-order valence-electron chi connectivity index (χ2n) is 7.30. The maximum Gasteiger partial charge on any atom is 0.193 e. The highest BCUT2D eigenvalue weighted by Gasteiger charge is 2.20. The van der Waals surface area contributed by atoms with Gasteiger partial charge in [0.1, 0.15) is 5.82 Å². The molecule has 0 saturated carbocycles. The lowest BCUT2D eigenvalue weighted by atomic mass is 9.91. The van der Waals surface area contributed by atoms with Gasteiger partial charge in [-0.2, -0.15) is 0 Å². The van der Waals surface area contributed by atoms with E-state index in [9.17, 15) is 0 Å². The Balaban J connectivity index is 0.00000288. The number of pyridine rings is 1. The summed E-state index contributed by atoms with van der Waals surface area (Å²) in [5.41, 5.74) is 0.402. The number of nitrogens with one attached hydrogen (secondary N) is 1. The van der Waals surface area contributed by atoms with Gasteiger partial charge in [-0.25, -0.2) is 4.98 Å². The Morgan fingerprint density at radius 1 is 1.21 bits per heavy atom. The van der Waals surface area contributed by atoms with Crippen molar-refractivity contribution in [1.29, 1.82) is 0 Å². The average molecular weight is 445 g/mol. The minimum atomic E-state index is 0. The van der Waals surface area contributed by atoms with Gasteiger partial charge in [-0.3, -0.25) is 4.99 Å². The number of hydrogen-bond donors (Lipinski definition) is 1. The molecule has 0 aromatic carbocycles. The number of aromatic nitrogens is 1. The van der Waals surface area contributed by atoms with E-state index in [4.69, 9.17) is 0 Å². The third-order valence-electron chi connectivity index (χ3n) is 4.15. The van der Waals surface area contributed by atoms with Crippen LogP contribution in [0.1, 0.15) is 33.6 Å². The Hall–Kier alpha value is -1.05. The first kappa shape index (κ1) is 21.0. The summed E-state index contributed by atoms with van der Waals surface area (Å²) in [5, 5.41) is 3.51. The number of rotatable bonds is 4. The highest BCUT2D eigenvalue weighted by molar-refractivity contribution is 14.0. The average Bonchev–Trinajstić information content (AvgIpc) is 2.55. The van der Waals surface area contributed by atoms with Crippen LogP contribution in [0, 0.1) is 5.41 Å². The topological polar surface area (TPSA) is 43.8 Å². The standard InChI is InChI=1S/C18H31N5.HI/c1-18(2,3)9-7-11-21-17(19-4)23-14-12-22(13-15-23)16-8-5-6-10-20-16;/h5-6,8,10H,7,9,11-15H2,1-4H3,(H,19,21);1H. The van der Waals surface area contributed by atoms with Crippen molar-refractivity contribution in [1.82, 2.24) is 15.2 Å². The Morgan fingerprint density at radius 2 is 1.92 bits per heavy atom. The lowest BCUT2D eigenvalue weighted by molar-refractivity contribution is 0.354. The predicted octanol–water partition coefficient (Wildman–Crippen LogP) is 3.22. The Bertz CT molecular complexity index is 490. The van der Waals surface area contributed by atoms with E-state index in [0.717, 1.165) is 44.5 Å². The minimum Gasteiger partial charge on any atom is -0.356 e. The number of hydrogen-bond acceptors (Lipinski definition) is 3. The zero-order valence-corrected chi connectivity index (χ0v) is 17.8. The minimum absolute atomic E-state index is 0. The van der Waals surface area contributed by atoms with Gasteiger partial charge in [0.2, 0.25) is 0 Å². The second-order valence-corrected chi connectivity index (χ2v) is 7.30. The van der Waals surface area contributed by atoms with Crippen molar-refractivity contribution < 1.29 is 0 Å². The molecule has 0 aliphatic carbocycles. The van der Waals surface area contributed by atoms with Gasteiger partial charge in [0.25, 0.3) is 0 Å². The van der Waals surface area contributed by atoms with E-state index in [1.807, 2.05) is 25.4 Å². The molecule has 0 amide bonds. The second kappa shape index (κ2) is 10.1. The van der Waals surface area contributed by atoms with E-state index in [-0.39, 0.29) is 24.0 Å². The van der Waals surface area contributed by atoms with Gasteiger partial charge in [0.15, 0.2) is 5.96 Å². The molecule has 1 aromatic heterocycles. The summed E-state index contributed by atoms with van der Waals surface area (Å²) in [5.74, 6) is 2.10. The van der Waals surface area contributed by atoms with Gasteiger partial charge in [-0.05, 0) is 30.4 Å². The summed E-state index contributed by atoms with van der Waals surface area (Å²) < 4.78 is 0. The molecule has 0 spiro atoms. The molecule has 1 saturated heterocycles. The van der Waals surface area contributed by atoms with Gasteiger partial charge in [-0.15, -0.1) is 24.0 Å². The molecule has 0 unspecified atom stereocenters. The highest BCUT2D eigenvalue weighted by Crippen LogP contribution is 2.19. The fourth-order valence-corrected chi connectivity index (χ4v) is 2.84. The van der Waals surface area contributed by atoms with Crippen LogP contribution in [-0.2, 0) is 0 Å². The van der Waals surface area contributed by atoms with Crippen LogP contribution in [0.5, 0.6) is 0 Å². The van der Waals surface area contributed by atoms with Crippen molar-refractivity contribution in [3.63, 3.8) is 0 Å². The van der Waals surface area contributed by atoms with E-state index in [0.29, 0.717) is 5.41 Å². The van der Waals surface area contributed by atoms with Crippen molar-refractivity contribution >= 4 is 35.8 Å². The number of anilines is 1. The first-order valence-electron chi connectivity index (χ1n) is 8.61. The molecule has 1 N–H and O–H groups in total. The highest BCUT2D eigenvalue weighted by atomic mass is 127. The molecule has 136 valence electrons. The molecule has 5 nitrogen and oxygen atoms in total. The number of nitrogens with zero attached hydrogens (tertiary/aromatic N) is 4. The third-order valence-corrected chi connectivity index (χ3v) is 4.15. The molecule has 1 aliphatic rings. The van der Waals surface area contributed by atoms with Gasteiger partial charge < -0.3 is 15.1 Å². The van der Waals surface area contributed by atoms with Crippen molar-refractivity contribution in [2.24, 2.45) is 10.4 Å². The fraction of sp³-hybridized carbons (Fsp3) is 0.667. The van der Waals surface area contributed by atoms with Crippen LogP contribution < -0.4 is 10.2 Å². The van der Waals surface area contributed by atoms with Crippen LogP contribution in [-0.4, -0.2) is 55.6 Å². The van der Waals surface area contributed by atoms with Crippen LogP contribution in [0.3, 0.4) is 0 Å². The first-order chi connectivity index (χ1) is 11.0.